The van der Waals surface area contributed by atoms with Crippen LogP contribution in [0.1, 0.15) is 10.4 Å². The van der Waals surface area contributed by atoms with Crippen LogP contribution in [-0.2, 0) is 0 Å². The molecule has 0 spiro atoms. The van der Waals surface area contributed by atoms with Gasteiger partial charge in [-0.25, -0.2) is 9.97 Å². The summed E-state index contributed by atoms with van der Waals surface area (Å²) in [5.41, 5.74) is 1.06. The summed E-state index contributed by atoms with van der Waals surface area (Å²) >= 11 is 0. The van der Waals surface area contributed by atoms with E-state index in [-0.39, 0.29) is 5.91 Å². The van der Waals surface area contributed by atoms with Crippen LogP contribution in [0.2, 0.25) is 0 Å². The van der Waals surface area contributed by atoms with E-state index in [1.165, 1.54) is 6.33 Å². The van der Waals surface area contributed by atoms with Crippen LogP contribution in [0.5, 0.6) is 23.1 Å². The number of anilines is 1. The molecule has 7 heteroatoms. The van der Waals surface area contributed by atoms with E-state index in [2.05, 4.69) is 15.3 Å². The quantitative estimate of drug-likeness (QED) is 0.325. The van der Waals surface area contributed by atoms with E-state index < -0.39 is 0 Å². The molecule has 0 aliphatic rings. The van der Waals surface area contributed by atoms with E-state index in [9.17, 15) is 4.79 Å². The fraction of sp³-hybridized carbons (Fsp3) is 0. The highest BCUT2D eigenvalue weighted by Gasteiger charge is 2.13. The largest absolute Gasteiger partial charge is 0.457 e. The van der Waals surface area contributed by atoms with E-state index in [1.807, 2.05) is 65.5 Å². The summed E-state index contributed by atoms with van der Waals surface area (Å²) in [6.07, 6.45) is 5.24. The van der Waals surface area contributed by atoms with E-state index in [0.29, 0.717) is 40.2 Å². The third kappa shape index (κ3) is 4.94. The lowest BCUT2D eigenvalue weighted by molar-refractivity contribution is 0.102. The fourth-order valence-electron chi connectivity index (χ4n) is 3.30. The van der Waals surface area contributed by atoms with Gasteiger partial charge in [-0.1, -0.05) is 30.3 Å². The third-order valence-corrected chi connectivity index (χ3v) is 4.93. The molecule has 1 amide bonds. The summed E-state index contributed by atoms with van der Waals surface area (Å²) < 4.78 is 13.6. The Morgan fingerprint density at radius 2 is 1.44 bits per heavy atom. The second kappa shape index (κ2) is 9.70. The molecule has 0 saturated heterocycles. The second-order valence-electron chi connectivity index (χ2n) is 7.30. The summed E-state index contributed by atoms with van der Waals surface area (Å²) in [7, 11) is 0. The number of hydrogen-bond donors (Lipinski definition) is 1. The van der Waals surface area contributed by atoms with E-state index >= 15 is 0 Å². The highest BCUT2D eigenvalue weighted by atomic mass is 16.5. The van der Waals surface area contributed by atoms with Crippen molar-refractivity contribution in [1.82, 2.24) is 14.5 Å². The summed E-state index contributed by atoms with van der Waals surface area (Å²) in [5, 5.41) is 2.90. The molecule has 0 unspecified atom stereocenters. The van der Waals surface area contributed by atoms with Crippen molar-refractivity contribution in [1.29, 1.82) is 0 Å². The van der Waals surface area contributed by atoms with Gasteiger partial charge in [-0.2, -0.15) is 0 Å². The Kier molecular flexibility index (Phi) is 5.98. The van der Waals surface area contributed by atoms with Crippen LogP contribution in [-0.4, -0.2) is 20.4 Å². The molecule has 0 atom stereocenters. The molecule has 0 bridgehead atoms. The maximum absolute atomic E-state index is 12.9. The van der Waals surface area contributed by atoms with Gasteiger partial charge in [0.1, 0.15) is 29.4 Å². The smallest absolute Gasteiger partial charge is 0.259 e. The molecule has 1 N–H and O–H groups in total. The van der Waals surface area contributed by atoms with Crippen molar-refractivity contribution in [2.45, 2.75) is 0 Å². The van der Waals surface area contributed by atoms with Crippen LogP contribution in [0.15, 0.2) is 116 Å². The van der Waals surface area contributed by atoms with Crippen molar-refractivity contribution in [2.24, 2.45) is 0 Å². The number of hydrogen-bond acceptors (Lipinski definition) is 5. The van der Waals surface area contributed by atoms with Gasteiger partial charge in [-0.3, -0.25) is 4.79 Å². The number of rotatable bonds is 7. The maximum atomic E-state index is 12.9. The number of carbonyl (C=O) groups excluding carboxylic acids is 1. The lowest BCUT2D eigenvalue weighted by Crippen LogP contribution is -2.12. The summed E-state index contributed by atoms with van der Waals surface area (Å²) in [4.78, 5) is 21.3. The molecule has 7 nitrogen and oxygen atoms in total. The molecular formula is C27H20N4O3. The van der Waals surface area contributed by atoms with Crippen LogP contribution >= 0.6 is 0 Å². The number of nitrogens with one attached hydrogen (secondary N) is 1. The first-order valence-corrected chi connectivity index (χ1v) is 10.6. The van der Waals surface area contributed by atoms with Gasteiger partial charge in [0.25, 0.3) is 5.91 Å². The fourth-order valence-corrected chi connectivity index (χ4v) is 3.30. The Labute approximate surface area is 196 Å². The second-order valence-corrected chi connectivity index (χ2v) is 7.30. The monoisotopic (exact) mass is 448 g/mol. The van der Waals surface area contributed by atoms with Crippen LogP contribution in [0.4, 0.5) is 5.69 Å². The molecule has 34 heavy (non-hydrogen) atoms. The number of benzene rings is 3. The standard InChI is InChI=1S/C27H20N4O3/c32-27(23-10-4-5-11-24(23)33-21-8-2-1-3-9-21)30-20-12-14-22(15-13-20)34-26-18-25(28-19-29-26)31-16-6-7-17-31/h1-19H,(H,30,32). The maximum Gasteiger partial charge on any atom is 0.259 e. The molecule has 0 saturated carbocycles. The van der Waals surface area contributed by atoms with Gasteiger partial charge in [0.2, 0.25) is 5.88 Å². The molecule has 2 heterocycles. The van der Waals surface area contributed by atoms with Crippen LogP contribution in [0, 0.1) is 0 Å². The minimum absolute atomic E-state index is 0.271. The Morgan fingerprint density at radius 1 is 0.735 bits per heavy atom. The topological polar surface area (TPSA) is 78.3 Å². The Bertz CT molecular complexity index is 1390. The normalized spacial score (nSPS) is 10.5. The predicted octanol–water partition coefficient (Wildman–Crippen LogP) is 6.10. The first-order chi connectivity index (χ1) is 16.7. The van der Waals surface area contributed by atoms with Gasteiger partial charge >= 0.3 is 0 Å². The Balaban J connectivity index is 1.26. The van der Waals surface area contributed by atoms with Crippen LogP contribution < -0.4 is 14.8 Å². The van der Waals surface area contributed by atoms with Gasteiger partial charge in [0.05, 0.1) is 5.56 Å². The van der Waals surface area contributed by atoms with Crippen molar-refractivity contribution < 1.29 is 14.3 Å². The molecule has 3 aromatic carbocycles. The van der Waals surface area contributed by atoms with Crippen molar-refractivity contribution in [3.63, 3.8) is 0 Å². The molecule has 0 aliphatic carbocycles. The number of nitrogens with zero attached hydrogens (tertiary/aromatic N) is 3. The van der Waals surface area contributed by atoms with Gasteiger partial charge in [-0.05, 0) is 60.7 Å². The molecule has 5 rings (SSSR count). The van der Waals surface area contributed by atoms with Crippen LogP contribution in [0.3, 0.4) is 0 Å². The highest BCUT2D eigenvalue weighted by Crippen LogP contribution is 2.27. The van der Waals surface area contributed by atoms with Crippen molar-refractivity contribution in [3.05, 3.63) is 121 Å². The van der Waals surface area contributed by atoms with Gasteiger partial charge in [-0.15, -0.1) is 0 Å². The van der Waals surface area contributed by atoms with Crippen LogP contribution in [0.25, 0.3) is 5.82 Å². The predicted molar refractivity (Wildman–Crippen MR) is 129 cm³/mol. The third-order valence-electron chi connectivity index (χ3n) is 4.93. The number of carbonyl (C=O) groups is 1. The molecule has 5 aromatic rings. The lowest BCUT2D eigenvalue weighted by atomic mass is 10.1. The Morgan fingerprint density at radius 3 is 2.24 bits per heavy atom. The Hall–Kier alpha value is -4.91. The molecule has 166 valence electrons. The van der Waals surface area contributed by atoms with Crippen molar-refractivity contribution in [3.8, 4) is 28.9 Å². The zero-order chi connectivity index (χ0) is 23.2. The van der Waals surface area contributed by atoms with Gasteiger partial charge in [0.15, 0.2) is 0 Å². The molecule has 0 radical (unpaired) electrons. The SMILES string of the molecule is O=C(Nc1ccc(Oc2cc(-n3cccc3)ncn2)cc1)c1ccccc1Oc1ccccc1. The molecular weight excluding hydrogens is 428 g/mol. The van der Waals surface area contributed by atoms with E-state index in [1.54, 1.807) is 48.5 Å². The summed E-state index contributed by atoms with van der Waals surface area (Å²) in [6, 6.07) is 29.1. The zero-order valence-electron chi connectivity index (χ0n) is 18.0. The lowest BCUT2D eigenvalue weighted by Gasteiger charge is -2.12. The number of amides is 1. The van der Waals surface area contributed by atoms with Crippen molar-refractivity contribution >= 4 is 11.6 Å². The van der Waals surface area contributed by atoms with Gasteiger partial charge in [0, 0.05) is 24.1 Å². The highest BCUT2D eigenvalue weighted by molar-refractivity contribution is 6.06. The average Bonchev–Trinajstić information content (AvgIpc) is 3.42. The number of aromatic nitrogens is 3. The van der Waals surface area contributed by atoms with E-state index in [4.69, 9.17) is 9.47 Å². The molecule has 0 aliphatic heterocycles. The summed E-state index contributed by atoms with van der Waals surface area (Å²) in [5.74, 6) is 2.58. The molecule has 2 aromatic heterocycles. The average molecular weight is 448 g/mol. The first kappa shape index (κ1) is 21.0. The number of para-hydroxylation sites is 2. The summed E-state index contributed by atoms with van der Waals surface area (Å²) in [6.45, 7) is 0. The number of ether oxygens (including phenoxy) is 2. The minimum atomic E-state index is -0.271. The molecule has 0 fully saturated rings. The first-order valence-electron chi connectivity index (χ1n) is 10.6. The zero-order valence-corrected chi connectivity index (χ0v) is 18.0. The minimum Gasteiger partial charge on any atom is -0.457 e. The van der Waals surface area contributed by atoms with Gasteiger partial charge < -0.3 is 19.4 Å². The van der Waals surface area contributed by atoms with E-state index in [0.717, 1.165) is 0 Å². The van der Waals surface area contributed by atoms with Crippen molar-refractivity contribution in [2.75, 3.05) is 5.32 Å².